The molecule has 2 nitrogen and oxygen atoms in total. The van der Waals surface area contributed by atoms with Gasteiger partial charge in [-0.15, -0.1) is 0 Å². The Labute approximate surface area is 94.8 Å². The molecule has 1 atom stereocenters. The number of pyridine rings is 1. The Morgan fingerprint density at radius 1 is 1.25 bits per heavy atom. The van der Waals surface area contributed by atoms with Gasteiger partial charge in [0.25, 0.3) is 0 Å². The molecule has 16 heavy (non-hydrogen) atoms. The predicted molar refractivity (Wildman–Crippen MR) is 66.9 cm³/mol. The van der Waals surface area contributed by atoms with Gasteiger partial charge in [-0.25, -0.2) is 0 Å². The Bertz CT molecular complexity index is 552. The topological polar surface area (TPSA) is 38.9 Å². The summed E-state index contributed by atoms with van der Waals surface area (Å²) in [5, 5.41) is 2.47. The van der Waals surface area contributed by atoms with E-state index in [2.05, 4.69) is 29.3 Å². The van der Waals surface area contributed by atoms with Gasteiger partial charge in [0.1, 0.15) is 0 Å². The molecule has 0 saturated carbocycles. The van der Waals surface area contributed by atoms with Gasteiger partial charge in [-0.05, 0) is 35.4 Å². The van der Waals surface area contributed by atoms with Crippen LogP contribution in [0.1, 0.15) is 18.4 Å². The third-order valence-corrected chi connectivity index (χ3v) is 3.19. The van der Waals surface area contributed by atoms with E-state index in [1.165, 1.54) is 21.9 Å². The van der Waals surface area contributed by atoms with E-state index >= 15 is 0 Å². The number of hydrogen-bond donors (Lipinski definition) is 1. The quantitative estimate of drug-likeness (QED) is 0.786. The van der Waals surface area contributed by atoms with Crippen LogP contribution in [0, 0.1) is 0 Å². The van der Waals surface area contributed by atoms with Crippen molar-refractivity contribution in [1.29, 1.82) is 0 Å². The predicted octanol–water partition coefficient (Wildman–Crippen LogP) is 2.74. The molecule has 0 radical (unpaired) electrons. The number of fused-ring (bicyclic) bond motifs is 1. The Hall–Kier alpha value is -1.67. The van der Waals surface area contributed by atoms with Crippen LogP contribution in [-0.2, 0) is 0 Å². The first-order valence-corrected chi connectivity index (χ1v) is 5.64. The van der Waals surface area contributed by atoms with Crippen molar-refractivity contribution in [2.45, 2.75) is 18.9 Å². The summed E-state index contributed by atoms with van der Waals surface area (Å²) in [5.41, 5.74) is 8.57. The molecule has 0 saturated heterocycles. The van der Waals surface area contributed by atoms with Crippen molar-refractivity contribution in [3.63, 3.8) is 0 Å². The van der Waals surface area contributed by atoms with Gasteiger partial charge in [0, 0.05) is 23.8 Å². The van der Waals surface area contributed by atoms with Crippen LogP contribution in [0.15, 0.2) is 42.7 Å². The first-order valence-electron chi connectivity index (χ1n) is 5.64. The van der Waals surface area contributed by atoms with E-state index in [9.17, 15) is 0 Å². The molecule has 80 valence electrons. The average Bonchev–Trinajstić information content (AvgIpc) is 2.75. The second-order valence-corrected chi connectivity index (χ2v) is 4.30. The van der Waals surface area contributed by atoms with Crippen LogP contribution in [-0.4, -0.2) is 11.0 Å². The van der Waals surface area contributed by atoms with E-state index in [4.69, 9.17) is 5.73 Å². The van der Waals surface area contributed by atoms with Crippen LogP contribution < -0.4 is 5.73 Å². The van der Waals surface area contributed by atoms with Gasteiger partial charge >= 0.3 is 0 Å². The Morgan fingerprint density at radius 2 is 2.19 bits per heavy atom. The van der Waals surface area contributed by atoms with Crippen LogP contribution in [0.3, 0.4) is 0 Å². The minimum absolute atomic E-state index is 0.224. The fourth-order valence-electron chi connectivity index (χ4n) is 2.37. The fourth-order valence-corrected chi connectivity index (χ4v) is 2.37. The lowest BCUT2D eigenvalue weighted by molar-refractivity contribution is 0.782. The molecule has 2 N–H and O–H groups in total. The van der Waals surface area contributed by atoms with E-state index in [0.29, 0.717) is 0 Å². The SMILES string of the molecule is NC1C=C(c2cccc3ccncc23)CC1. The van der Waals surface area contributed by atoms with Crippen molar-refractivity contribution in [2.75, 3.05) is 0 Å². The summed E-state index contributed by atoms with van der Waals surface area (Å²) in [7, 11) is 0. The highest BCUT2D eigenvalue weighted by molar-refractivity contribution is 5.93. The smallest absolute Gasteiger partial charge is 0.0352 e. The summed E-state index contributed by atoms with van der Waals surface area (Å²) in [5.74, 6) is 0. The van der Waals surface area contributed by atoms with E-state index in [1.54, 1.807) is 0 Å². The minimum atomic E-state index is 0.224. The van der Waals surface area contributed by atoms with E-state index < -0.39 is 0 Å². The van der Waals surface area contributed by atoms with Gasteiger partial charge in [-0.2, -0.15) is 0 Å². The van der Waals surface area contributed by atoms with Crippen molar-refractivity contribution in [2.24, 2.45) is 5.73 Å². The molecule has 1 aliphatic rings. The monoisotopic (exact) mass is 210 g/mol. The molecule has 1 aliphatic carbocycles. The first-order chi connectivity index (χ1) is 7.84. The molecule has 0 fully saturated rings. The Kier molecular flexibility index (Phi) is 2.22. The number of benzene rings is 1. The number of rotatable bonds is 1. The van der Waals surface area contributed by atoms with Gasteiger partial charge in [0.15, 0.2) is 0 Å². The fraction of sp³-hybridized carbons (Fsp3) is 0.214. The second-order valence-electron chi connectivity index (χ2n) is 4.30. The summed E-state index contributed by atoms with van der Waals surface area (Å²) < 4.78 is 0. The molecule has 0 bridgehead atoms. The van der Waals surface area contributed by atoms with Crippen LogP contribution >= 0.6 is 0 Å². The molecular formula is C14H14N2. The minimum Gasteiger partial charge on any atom is -0.324 e. The molecular weight excluding hydrogens is 196 g/mol. The van der Waals surface area contributed by atoms with Crippen molar-refractivity contribution in [3.8, 4) is 0 Å². The lowest BCUT2D eigenvalue weighted by atomic mass is 9.99. The van der Waals surface area contributed by atoms with E-state index in [-0.39, 0.29) is 6.04 Å². The number of aromatic nitrogens is 1. The van der Waals surface area contributed by atoms with Crippen molar-refractivity contribution >= 4 is 16.3 Å². The zero-order valence-electron chi connectivity index (χ0n) is 9.06. The third-order valence-electron chi connectivity index (χ3n) is 3.19. The summed E-state index contributed by atoms with van der Waals surface area (Å²) in [4.78, 5) is 4.21. The highest BCUT2D eigenvalue weighted by Gasteiger charge is 2.14. The third kappa shape index (κ3) is 1.51. The van der Waals surface area contributed by atoms with Crippen LogP contribution in [0.25, 0.3) is 16.3 Å². The van der Waals surface area contributed by atoms with Crippen molar-refractivity contribution in [3.05, 3.63) is 48.3 Å². The molecule has 1 aromatic heterocycles. The average molecular weight is 210 g/mol. The van der Waals surface area contributed by atoms with Crippen LogP contribution in [0.2, 0.25) is 0 Å². The second kappa shape index (κ2) is 3.72. The molecule has 1 aromatic carbocycles. The van der Waals surface area contributed by atoms with E-state index in [0.717, 1.165) is 12.8 Å². The number of nitrogens with zero attached hydrogens (tertiary/aromatic N) is 1. The van der Waals surface area contributed by atoms with Gasteiger partial charge in [-0.3, -0.25) is 4.98 Å². The molecule has 1 heterocycles. The van der Waals surface area contributed by atoms with Crippen molar-refractivity contribution in [1.82, 2.24) is 4.98 Å². The Balaban J connectivity index is 2.20. The molecule has 0 amide bonds. The highest BCUT2D eigenvalue weighted by atomic mass is 14.6. The van der Waals surface area contributed by atoms with Gasteiger partial charge in [0.2, 0.25) is 0 Å². The summed E-state index contributed by atoms with van der Waals surface area (Å²) in [6, 6.07) is 8.66. The Morgan fingerprint density at radius 3 is 3.00 bits per heavy atom. The maximum absolute atomic E-state index is 5.91. The standard InChI is InChI=1S/C14H14N2/c15-12-5-4-11(8-12)13-3-1-2-10-6-7-16-9-14(10)13/h1-3,6-9,12H,4-5,15H2. The maximum Gasteiger partial charge on any atom is 0.0352 e. The summed E-state index contributed by atoms with van der Waals surface area (Å²) in [6.07, 6.45) is 8.10. The molecule has 0 aliphatic heterocycles. The van der Waals surface area contributed by atoms with Crippen molar-refractivity contribution < 1.29 is 0 Å². The van der Waals surface area contributed by atoms with E-state index in [1.807, 2.05) is 18.5 Å². The molecule has 2 aromatic rings. The summed E-state index contributed by atoms with van der Waals surface area (Å²) in [6.45, 7) is 0. The van der Waals surface area contributed by atoms with Gasteiger partial charge in [-0.1, -0.05) is 24.3 Å². The normalized spacial score (nSPS) is 20.1. The molecule has 2 heteroatoms. The number of allylic oxidation sites excluding steroid dienone is 1. The van der Waals surface area contributed by atoms with Crippen LogP contribution in [0.4, 0.5) is 0 Å². The van der Waals surface area contributed by atoms with Crippen LogP contribution in [0.5, 0.6) is 0 Å². The number of hydrogen-bond acceptors (Lipinski definition) is 2. The molecule has 1 unspecified atom stereocenters. The van der Waals surface area contributed by atoms with Gasteiger partial charge in [0.05, 0.1) is 0 Å². The lowest BCUT2D eigenvalue weighted by Gasteiger charge is -2.06. The summed E-state index contributed by atoms with van der Waals surface area (Å²) >= 11 is 0. The number of nitrogens with two attached hydrogens (primary N) is 1. The highest BCUT2D eigenvalue weighted by Crippen LogP contribution is 2.31. The largest absolute Gasteiger partial charge is 0.324 e. The zero-order chi connectivity index (χ0) is 11.0. The lowest BCUT2D eigenvalue weighted by Crippen LogP contribution is -2.11. The first kappa shape index (κ1) is 9.55. The molecule has 3 rings (SSSR count). The zero-order valence-corrected chi connectivity index (χ0v) is 9.06. The maximum atomic E-state index is 5.91. The molecule has 0 spiro atoms. The van der Waals surface area contributed by atoms with Gasteiger partial charge < -0.3 is 5.73 Å².